The smallest absolute Gasteiger partial charge is 0.428 e. The second-order valence-corrected chi connectivity index (χ2v) is 5.58. The Morgan fingerprint density at radius 1 is 1.23 bits per heavy atom. The summed E-state index contributed by atoms with van der Waals surface area (Å²) in [5, 5.41) is 3.74. The lowest BCUT2D eigenvalue weighted by atomic mass is 10.2. The molecule has 0 bridgehead atoms. The molecule has 2 rings (SSSR count). The predicted octanol–water partition coefficient (Wildman–Crippen LogP) is 3.94. The molecule has 0 spiro atoms. The molecule has 2 aromatic rings. The minimum Gasteiger partial charge on any atom is -0.455 e. The first-order valence-electron chi connectivity index (χ1n) is 6.71. The van der Waals surface area contributed by atoms with Crippen molar-refractivity contribution in [3.8, 4) is 11.3 Å². The van der Waals surface area contributed by atoms with Gasteiger partial charge in [0.1, 0.15) is 22.9 Å². The maximum absolute atomic E-state index is 12.9. The van der Waals surface area contributed by atoms with Crippen LogP contribution in [0.3, 0.4) is 0 Å². The third-order valence-electron chi connectivity index (χ3n) is 2.50. The Hall–Kier alpha value is -2.63. The highest BCUT2D eigenvalue weighted by Gasteiger charge is 2.15. The van der Waals surface area contributed by atoms with Gasteiger partial charge in [-0.1, -0.05) is 0 Å². The van der Waals surface area contributed by atoms with Gasteiger partial charge in [0.15, 0.2) is 0 Å². The highest BCUT2D eigenvalue weighted by Crippen LogP contribution is 2.21. The van der Waals surface area contributed by atoms with E-state index in [1.54, 1.807) is 45.0 Å². The van der Waals surface area contributed by atoms with E-state index in [9.17, 15) is 9.18 Å². The molecule has 1 aromatic carbocycles. The Morgan fingerprint density at radius 2 is 1.91 bits per heavy atom. The number of halogens is 1. The first kappa shape index (κ1) is 15.8. The molecule has 1 aromatic heterocycles. The SMILES string of the molecule is CC(C)(C)OC(=O)N/N=C\c1ccc(-c2ccc(F)cc2)o1. The van der Waals surface area contributed by atoms with E-state index in [0.29, 0.717) is 11.5 Å². The number of benzene rings is 1. The minimum absolute atomic E-state index is 0.307. The molecular weight excluding hydrogens is 287 g/mol. The molecule has 0 saturated heterocycles. The molecule has 22 heavy (non-hydrogen) atoms. The van der Waals surface area contributed by atoms with Crippen LogP contribution in [0.25, 0.3) is 11.3 Å². The molecule has 0 unspecified atom stereocenters. The summed E-state index contributed by atoms with van der Waals surface area (Å²) in [5.41, 5.74) is 2.41. The standard InChI is InChI=1S/C16H17FN2O3/c1-16(2,3)22-15(20)19-18-10-13-8-9-14(21-13)11-4-6-12(17)7-5-11/h4-10H,1-3H3,(H,19,20)/b18-10-. The number of rotatable bonds is 3. The number of nitrogens with one attached hydrogen (secondary N) is 1. The van der Waals surface area contributed by atoms with Gasteiger partial charge in [0.2, 0.25) is 0 Å². The third-order valence-corrected chi connectivity index (χ3v) is 2.50. The lowest BCUT2D eigenvalue weighted by Gasteiger charge is -2.18. The van der Waals surface area contributed by atoms with E-state index in [4.69, 9.17) is 9.15 Å². The number of hydrogen-bond acceptors (Lipinski definition) is 4. The zero-order valence-corrected chi connectivity index (χ0v) is 12.6. The zero-order valence-electron chi connectivity index (χ0n) is 12.6. The van der Waals surface area contributed by atoms with Crippen LogP contribution < -0.4 is 5.43 Å². The monoisotopic (exact) mass is 304 g/mol. The van der Waals surface area contributed by atoms with Crippen LogP contribution in [0, 0.1) is 5.82 Å². The van der Waals surface area contributed by atoms with E-state index in [2.05, 4.69) is 10.5 Å². The summed E-state index contributed by atoms with van der Waals surface area (Å²) >= 11 is 0. The molecule has 0 aliphatic carbocycles. The molecular formula is C16H17FN2O3. The van der Waals surface area contributed by atoms with Crippen molar-refractivity contribution in [3.05, 3.63) is 48.0 Å². The van der Waals surface area contributed by atoms with Crippen molar-refractivity contribution in [2.45, 2.75) is 26.4 Å². The molecule has 116 valence electrons. The Kier molecular flexibility index (Phi) is 4.60. The predicted molar refractivity (Wildman–Crippen MR) is 81.1 cm³/mol. The molecule has 1 N–H and O–H groups in total. The van der Waals surface area contributed by atoms with Gasteiger partial charge in [-0.05, 0) is 57.2 Å². The van der Waals surface area contributed by atoms with E-state index in [0.717, 1.165) is 5.56 Å². The van der Waals surface area contributed by atoms with Crippen molar-refractivity contribution in [3.63, 3.8) is 0 Å². The first-order chi connectivity index (χ1) is 10.3. The molecule has 0 fully saturated rings. The number of carbonyl (C=O) groups is 1. The zero-order chi connectivity index (χ0) is 16.2. The fourth-order valence-electron chi connectivity index (χ4n) is 1.64. The number of amides is 1. The number of hydrogen-bond donors (Lipinski definition) is 1. The number of ether oxygens (including phenoxy) is 1. The average Bonchev–Trinajstić information content (AvgIpc) is 2.86. The summed E-state index contributed by atoms with van der Waals surface area (Å²) in [6.45, 7) is 5.29. The molecule has 0 saturated carbocycles. The van der Waals surface area contributed by atoms with Gasteiger partial charge in [0.05, 0.1) is 6.21 Å². The molecule has 1 amide bonds. The van der Waals surface area contributed by atoms with Gasteiger partial charge in [0, 0.05) is 5.56 Å². The molecule has 5 nitrogen and oxygen atoms in total. The van der Waals surface area contributed by atoms with Crippen LogP contribution in [-0.2, 0) is 4.74 Å². The summed E-state index contributed by atoms with van der Waals surface area (Å²) < 4.78 is 23.4. The molecule has 0 radical (unpaired) electrons. The summed E-state index contributed by atoms with van der Waals surface area (Å²) in [7, 11) is 0. The van der Waals surface area contributed by atoms with Gasteiger partial charge < -0.3 is 9.15 Å². The van der Waals surface area contributed by atoms with Gasteiger partial charge in [-0.25, -0.2) is 14.6 Å². The second kappa shape index (κ2) is 6.43. The van der Waals surface area contributed by atoms with E-state index < -0.39 is 11.7 Å². The normalized spacial score (nSPS) is 11.6. The lowest BCUT2D eigenvalue weighted by Crippen LogP contribution is -2.29. The van der Waals surface area contributed by atoms with E-state index in [1.807, 2.05) is 0 Å². The topological polar surface area (TPSA) is 63.8 Å². The van der Waals surface area contributed by atoms with Crippen LogP contribution in [0.5, 0.6) is 0 Å². The van der Waals surface area contributed by atoms with Crippen molar-refractivity contribution in [1.82, 2.24) is 5.43 Å². The van der Waals surface area contributed by atoms with Crippen LogP contribution in [0.2, 0.25) is 0 Å². The highest BCUT2D eigenvalue weighted by molar-refractivity contribution is 5.79. The Balaban J connectivity index is 1.96. The van der Waals surface area contributed by atoms with Gasteiger partial charge in [-0.2, -0.15) is 5.10 Å². The molecule has 6 heteroatoms. The molecule has 0 aliphatic rings. The van der Waals surface area contributed by atoms with E-state index >= 15 is 0 Å². The summed E-state index contributed by atoms with van der Waals surface area (Å²) in [6, 6.07) is 9.38. The van der Waals surface area contributed by atoms with E-state index in [1.165, 1.54) is 18.3 Å². The summed E-state index contributed by atoms with van der Waals surface area (Å²) in [5.74, 6) is 0.729. The first-order valence-corrected chi connectivity index (χ1v) is 6.71. The van der Waals surface area contributed by atoms with Crippen LogP contribution in [0.4, 0.5) is 9.18 Å². The van der Waals surface area contributed by atoms with Crippen molar-refractivity contribution >= 4 is 12.3 Å². The maximum atomic E-state index is 12.9. The van der Waals surface area contributed by atoms with Crippen LogP contribution in [0.15, 0.2) is 45.9 Å². The summed E-state index contributed by atoms with van der Waals surface area (Å²) in [6.07, 6.45) is 0.714. The Morgan fingerprint density at radius 3 is 2.55 bits per heavy atom. The van der Waals surface area contributed by atoms with Crippen LogP contribution in [0.1, 0.15) is 26.5 Å². The van der Waals surface area contributed by atoms with Crippen LogP contribution in [-0.4, -0.2) is 17.9 Å². The van der Waals surface area contributed by atoms with Gasteiger partial charge in [0.25, 0.3) is 0 Å². The minimum atomic E-state index is -0.644. The largest absolute Gasteiger partial charge is 0.455 e. The number of nitrogens with zero attached hydrogens (tertiary/aromatic N) is 1. The second-order valence-electron chi connectivity index (χ2n) is 5.58. The van der Waals surface area contributed by atoms with Crippen LogP contribution >= 0.6 is 0 Å². The van der Waals surface area contributed by atoms with Gasteiger partial charge in [-0.15, -0.1) is 0 Å². The van der Waals surface area contributed by atoms with Gasteiger partial charge >= 0.3 is 6.09 Å². The third kappa shape index (κ3) is 4.73. The fourth-order valence-corrected chi connectivity index (χ4v) is 1.64. The average molecular weight is 304 g/mol. The van der Waals surface area contributed by atoms with Crippen molar-refractivity contribution in [2.75, 3.05) is 0 Å². The highest BCUT2D eigenvalue weighted by atomic mass is 19.1. The molecule has 0 aliphatic heterocycles. The molecule has 0 atom stereocenters. The Labute approximate surface area is 127 Å². The Bertz CT molecular complexity index is 669. The van der Waals surface area contributed by atoms with Crippen molar-refractivity contribution in [1.29, 1.82) is 0 Å². The number of hydrazone groups is 1. The van der Waals surface area contributed by atoms with Gasteiger partial charge in [-0.3, -0.25) is 0 Å². The summed E-state index contributed by atoms with van der Waals surface area (Å²) in [4.78, 5) is 11.4. The maximum Gasteiger partial charge on any atom is 0.428 e. The lowest BCUT2D eigenvalue weighted by molar-refractivity contribution is 0.0529. The van der Waals surface area contributed by atoms with E-state index in [-0.39, 0.29) is 5.82 Å². The fraction of sp³-hybridized carbons (Fsp3) is 0.250. The van der Waals surface area contributed by atoms with Crippen molar-refractivity contribution < 1.29 is 18.3 Å². The van der Waals surface area contributed by atoms with Crippen molar-refractivity contribution in [2.24, 2.45) is 5.10 Å². The number of furan rings is 1. The number of carbonyl (C=O) groups excluding carboxylic acids is 1. The molecule has 1 heterocycles. The quantitative estimate of drug-likeness (QED) is 0.690.